The number of aryl methyl sites for hydroxylation is 1. The predicted molar refractivity (Wildman–Crippen MR) is 102 cm³/mol. The summed E-state index contributed by atoms with van der Waals surface area (Å²) in [7, 11) is 0. The summed E-state index contributed by atoms with van der Waals surface area (Å²) < 4.78 is 0. The molecule has 0 bridgehead atoms. The highest BCUT2D eigenvalue weighted by Gasteiger charge is 2.41. The number of carbonyl (C=O) groups is 3. The van der Waals surface area contributed by atoms with Crippen molar-refractivity contribution in [3.05, 3.63) is 57.6 Å². The molecule has 1 heterocycles. The fourth-order valence-corrected chi connectivity index (χ4v) is 3.43. The van der Waals surface area contributed by atoms with Gasteiger partial charge in [0.15, 0.2) is 0 Å². The van der Waals surface area contributed by atoms with Gasteiger partial charge in [0.05, 0.1) is 22.0 Å². The Bertz CT molecular complexity index is 927. The van der Waals surface area contributed by atoms with Crippen LogP contribution in [0, 0.1) is 6.92 Å². The molecule has 0 spiro atoms. The lowest BCUT2D eigenvalue weighted by Gasteiger charge is -2.26. The smallest absolute Gasteiger partial charge is 0.300 e. The maximum atomic E-state index is 12.8. The highest BCUT2D eigenvalue weighted by atomic mass is 35.5. The average Bonchev–Trinajstić information content (AvgIpc) is 2.83. The summed E-state index contributed by atoms with van der Waals surface area (Å²) in [6.45, 7) is 3.62. The number of fused-ring (bicyclic) bond motifs is 1. The van der Waals surface area contributed by atoms with Crippen LogP contribution in [0.25, 0.3) is 0 Å². The summed E-state index contributed by atoms with van der Waals surface area (Å²) in [6, 6.07) is 9.04. The zero-order valence-electron chi connectivity index (χ0n) is 14.2. The number of Topliss-reactive ketones (excluding diaryl/α,β-unsaturated/α-hetero) is 1. The molecule has 5 nitrogen and oxygen atoms in total. The van der Waals surface area contributed by atoms with Gasteiger partial charge in [-0.3, -0.25) is 19.3 Å². The van der Waals surface area contributed by atoms with Crippen molar-refractivity contribution < 1.29 is 14.4 Å². The van der Waals surface area contributed by atoms with E-state index in [1.165, 1.54) is 11.0 Å². The molecule has 0 aromatic heterocycles. The number of hydrogen-bond donors (Lipinski definition) is 1. The van der Waals surface area contributed by atoms with Crippen molar-refractivity contribution in [1.82, 2.24) is 0 Å². The molecule has 1 aliphatic rings. The van der Waals surface area contributed by atoms with Gasteiger partial charge < -0.3 is 5.32 Å². The first-order valence-electron chi connectivity index (χ1n) is 8.08. The first-order chi connectivity index (χ1) is 12.3. The molecule has 1 aliphatic heterocycles. The Morgan fingerprint density at radius 3 is 2.54 bits per heavy atom. The molecule has 2 aromatic carbocycles. The van der Waals surface area contributed by atoms with Crippen LogP contribution in [0.15, 0.2) is 36.4 Å². The van der Waals surface area contributed by atoms with Crippen LogP contribution in [0.5, 0.6) is 0 Å². The van der Waals surface area contributed by atoms with E-state index in [1.807, 2.05) is 6.92 Å². The van der Waals surface area contributed by atoms with Gasteiger partial charge in [0.1, 0.15) is 6.04 Å². The second kappa shape index (κ2) is 7.09. The van der Waals surface area contributed by atoms with E-state index in [2.05, 4.69) is 5.32 Å². The van der Waals surface area contributed by atoms with E-state index in [1.54, 1.807) is 37.3 Å². The van der Waals surface area contributed by atoms with E-state index < -0.39 is 23.6 Å². The number of amides is 2. The lowest BCUT2D eigenvalue weighted by atomic mass is 10.1. The minimum Gasteiger partial charge on any atom is -0.323 e. The first kappa shape index (κ1) is 18.4. The standard InChI is InChI=1S/C19H16Cl2N2O3/c1-3-15(18(25)22-14-6-5-11(20)9-13(14)21)23-16-7-4-10(2)8-12(16)17(24)19(23)26/h4-9,15H,3H2,1-2H3,(H,22,25). The van der Waals surface area contributed by atoms with Crippen molar-refractivity contribution in [3.8, 4) is 0 Å². The zero-order valence-corrected chi connectivity index (χ0v) is 15.7. The van der Waals surface area contributed by atoms with E-state index in [-0.39, 0.29) is 0 Å². The molecule has 1 N–H and O–H groups in total. The number of hydrogen-bond acceptors (Lipinski definition) is 3. The number of rotatable bonds is 4. The summed E-state index contributed by atoms with van der Waals surface area (Å²) in [4.78, 5) is 38.8. The molecule has 26 heavy (non-hydrogen) atoms. The molecular weight excluding hydrogens is 375 g/mol. The van der Waals surface area contributed by atoms with Gasteiger partial charge in [-0.15, -0.1) is 0 Å². The molecule has 0 saturated carbocycles. The van der Waals surface area contributed by atoms with Gasteiger partial charge in [0.25, 0.3) is 11.7 Å². The van der Waals surface area contributed by atoms with Crippen LogP contribution in [0.2, 0.25) is 10.0 Å². The lowest BCUT2D eigenvalue weighted by molar-refractivity contribution is -0.121. The minimum absolute atomic E-state index is 0.292. The number of anilines is 2. The van der Waals surface area contributed by atoms with Crippen LogP contribution < -0.4 is 10.2 Å². The van der Waals surface area contributed by atoms with Gasteiger partial charge in [-0.25, -0.2) is 0 Å². The van der Waals surface area contributed by atoms with E-state index in [4.69, 9.17) is 23.2 Å². The number of ketones is 1. The quantitative estimate of drug-likeness (QED) is 0.793. The van der Waals surface area contributed by atoms with Crippen LogP contribution in [0.1, 0.15) is 29.3 Å². The molecule has 2 aromatic rings. The van der Waals surface area contributed by atoms with Crippen LogP contribution in [0.3, 0.4) is 0 Å². The number of nitrogens with one attached hydrogen (secondary N) is 1. The molecule has 0 radical (unpaired) electrons. The third-order valence-corrected chi connectivity index (χ3v) is 4.81. The predicted octanol–water partition coefficient (Wildman–Crippen LogP) is 4.25. The van der Waals surface area contributed by atoms with Crippen molar-refractivity contribution in [2.24, 2.45) is 0 Å². The zero-order chi connectivity index (χ0) is 19.0. The van der Waals surface area contributed by atoms with Gasteiger partial charge in [-0.1, -0.05) is 41.8 Å². The molecule has 134 valence electrons. The molecule has 0 aliphatic carbocycles. The summed E-state index contributed by atoms with van der Waals surface area (Å²) in [5.74, 6) is -1.72. The van der Waals surface area contributed by atoms with Crippen LogP contribution in [0.4, 0.5) is 11.4 Å². The SMILES string of the molecule is CCC(C(=O)Nc1ccc(Cl)cc1Cl)N1C(=O)C(=O)c2cc(C)ccc21. The second-order valence-corrected chi connectivity index (χ2v) is 6.91. The summed E-state index contributed by atoms with van der Waals surface area (Å²) in [5.41, 5.74) is 2.04. The van der Waals surface area contributed by atoms with Crippen molar-refractivity contribution in [2.45, 2.75) is 26.3 Å². The molecule has 0 saturated heterocycles. The molecule has 1 atom stereocenters. The van der Waals surface area contributed by atoms with Crippen LogP contribution in [-0.2, 0) is 9.59 Å². The van der Waals surface area contributed by atoms with Gasteiger partial charge in [-0.2, -0.15) is 0 Å². The van der Waals surface area contributed by atoms with Gasteiger partial charge in [-0.05, 0) is 43.7 Å². The number of carbonyl (C=O) groups excluding carboxylic acids is 3. The topological polar surface area (TPSA) is 66.5 Å². The minimum atomic E-state index is -0.831. The average molecular weight is 391 g/mol. The van der Waals surface area contributed by atoms with E-state index >= 15 is 0 Å². The number of nitrogens with zero attached hydrogens (tertiary/aromatic N) is 1. The third kappa shape index (κ3) is 3.20. The third-order valence-electron chi connectivity index (χ3n) is 4.26. The van der Waals surface area contributed by atoms with Crippen LogP contribution in [-0.4, -0.2) is 23.6 Å². The second-order valence-electron chi connectivity index (χ2n) is 6.06. The highest BCUT2D eigenvalue weighted by molar-refractivity contribution is 6.53. The van der Waals surface area contributed by atoms with Gasteiger partial charge in [0.2, 0.25) is 5.91 Å². The number of benzene rings is 2. The summed E-state index contributed by atoms with van der Waals surface area (Å²) in [5, 5.41) is 3.45. The molecule has 3 rings (SSSR count). The van der Waals surface area contributed by atoms with Crippen molar-refractivity contribution in [1.29, 1.82) is 0 Å². The Balaban J connectivity index is 1.92. The Hall–Kier alpha value is -2.37. The van der Waals surface area contributed by atoms with Crippen molar-refractivity contribution >= 4 is 52.2 Å². The Kier molecular flexibility index (Phi) is 5.03. The van der Waals surface area contributed by atoms with Crippen molar-refractivity contribution in [2.75, 3.05) is 10.2 Å². The first-order valence-corrected chi connectivity index (χ1v) is 8.83. The van der Waals surface area contributed by atoms with Gasteiger partial charge in [0, 0.05) is 5.02 Å². The number of halogens is 2. The molecule has 1 unspecified atom stereocenters. The van der Waals surface area contributed by atoms with Gasteiger partial charge >= 0.3 is 0 Å². The van der Waals surface area contributed by atoms with E-state index in [9.17, 15) is 14.4 Å². The maximum Gasteiger partial charge on any atom is 0.300 e. The highest BCUT2D eigenvalue weighted by Crippen LogP contribution is 2.33. The van der Waals surface area contributed by atoms with Crippen molar-refractivity contribution in [3.63, 3.8) is 0 Å². The fourth-order valence-electron chi connectivity index (χ4n) is 2.98. The Morgan fingerprint density at radius 2 is 1.88 bits per heavy atom. The Labute approximate surface area is 160 Å². The lowest BCUT2D eigenvalue weighted by Crippen LogP contribution is -2.46. The van der Waals surface area contributed by atoms with Crippen LogP contribution >= 0.6 is 23.2 Å². The summed E-state index contributed by atoms with van der Waals surface area (Å²) >= 11 is 12.0. The maximum absolute atomic E-state index is 12.8. The monoisotopic (exact) mass is 390 g/mol. The molecule has 2 amide bonds. The normalized spacial score (nSPS) is 14.4. The summed E-state index contributed by atoms with van der Waals surface area (Å²) in [6.07, 6.45) is 0.337. The van der Waals surface area contributed by atoms with E-state index in [0.29, 0.717) is 33.4 Å². The Morgan fingerprint density at radius 1 is 1.15 bits per heavy atom. The molecular formula is C19H16Cl2N2O3. The molecule has 7 heteroatoms. The molecule has 0 fully saturated rings. The fraction of sp³-hybridized carbons (Fsp3) is 0.211. The van der Waals surface area contributed by atoms with E-state index in [0.717, 1.165) is 5.56 Å². The largest absolute Gasteiger partial charge is 0.323 e.